The fourth-order valence-corrected chi connectivity index (χ4v) is 10.2. The largest absolute Gasteiger partial charge is 0.489 e. The van der Waals surface area contributed by atoms with E-state index in [-0.39, 0.29) is 53.2 Å². The summed E-state index contributed by atoms with van der Waals surface area (Å²) in [5, 5.41) is 20.5. The number of fused-ring (bicyclic) bond motifs is 1. The van der Waals surface area contributed by atoms with Gasteiger partial charge in [-0.15, -0.1) is 0 Å². The Hall–Kier alpha value is -5.74. The zero-order chi connectivity index (χ0) is 41.6. The number of hydrogen-bond donors (Lipinski definition) is 2. The predicted molar refractivity (Wildman–Crippen MR) is 227 cm³/mol. The van der Waals surface area contributed by atoms with Gasteiger partial charge in [0.05, 0.1) is 23.2 Å². The molecule has 0 radical (unpaired) electrons. The maximum absolute atomic E-state index is 13.5. The molecule has 2 N–H and O–H groups in total. The lowest BCUT2D eigenvalue weighted by molar-refractivity contribution is -0.164. The van der Waals surface area contributed by atoms with E-state index >= 15 is 0 Å². The number of piperidine rings is 2. The maximum Gasteiger partial charge on any atom is 0.275 e. The van der Waals surface area contributed by atoms with Gasteiger partial charge in [0.25, 0.3) is 17.4 Å². The molecule has 308 valence electrons. The summed E-state index contributed by atoms with van der Waals surface area (Å²) in [6.45, 7) is 17.2. The summed E-state index contributed by atoms with van der Waals surface area (Å²) in [6.07, 6.45) is 4.22. The molecule has 4 aromatic rings. The van der Waals surface area contributed by atoms with Gasteiger partial charge in [0.2, 0.25) is 5.91 Å². The van der Waals surface area contributed by atoms with E-state index < -0.39 is 11.9 Å². The van der Waals surface area contributed by atoms with Crippen molar-refractivity contribution in [1.82, 2.24) is 25.3 Å². The monoisotopic (exact) mass is 798 g/mol. The Balaban J connectivity index is 0.792. The molecule has 4 heterocycles. The van der Waals surface area contributed by atoms with Crippen LogP contribution >= 0.6 is 0 Å². The van der Waals surface area contributed by atoms with E-state index in [9.17, 15) is 24.4 Å². The van der Waals surface area contributed by atoms with Crippen LogP contribution in [-0.2, 0) is 9.59 Å². The molecule has 3 saturated heterocycles. The molecule has 3 amide bonds. The minimum Gasteiger partial charge on any atom is -0.489 e. The lowest BCUT2D eigenvalue weighted by Gasteiger charge is -2.63. The van der Waals surface area contributed by atoms with Crippen LogP contribution in [0.3, 0.4) is 0 Å². The van der Waals surface area contributed by atoms with E-state index in [0.29, 0.717) is 22.4 Å². The Morgan fingerprint density at radius 3 is 2.22 bits per heavy atom. The van der Waals surface area contributed by atoms with Crippen molar-refractivity contribution in [2.75, 3.05) is 55.6 Å². The van der Waals surface area contributed by atoms with E-state index in [1.54, 1.807) is 12.3 Å². The third-order valence-electron chi connectivity index (χ3n) is 13.4. The van der Waals surface area contributed by atoms with Crippen molar-refractivity contribution >= 4 is 39.9 Å². The van der Waals surface area contributed by atoms with Crippen LogP contribution in [0.15, 0.2) is 71.7 Å². The lowest BCUT2D eigenvalue weighted by Crippen LogP contribution is -2.74. The topological polar surface area (TPSA) is 153 Å². The van der Waals surface area contributed by atoms with Crippen molar-refractivity contribution in [3.8, 4) is 11.8 Å². The molecule has 4 fully saturated rings. The van der Waals surface area contributed by atoms with Gasteiger partial charge in [0, 0.05) is 91.4 Å². The van der Waals surface area contributed by atoms with Gasteiger partial charge in [-0.25, -0.2) is 4.68 Å². The second kappa shape index (κ2) is 15.8. The molecule has 13 nitrogen and oxygen atoms in total. The van der Waals surface area contributed by atoms with Crippen LogP contribution in [0.2, 0.25) is 0 Å². The van der Waals surface area contributed by atoms with Crippen LogP contribution in [0.1, 0.15) is 80.9 Å². The number of nitriles is 1. The number of aryl methyl sites for hydroxylation is 1. The first kappa shape index (κ1) is 40.1. The highest BCUT2D eigenvalue weighted by Gasteiger charge is 2.64. The van der Waals surface area contributed by atoms with Gasteiger partial charge in [-0.3, -0.25) is 29.4 Å². The number of hydrogen-bond acceptors (Lipinski definition) is 10. The van der Waals surface area contributed by atoms with Crippen LogP contribution in [0.25, 0.3) is 10.8 Å². The second-order valence-electron chi connectivity index (χ2n) is 18.0. The van der Waals surface area contributed by atoms with E-state index in [4.69, 9.17) is 4.74 Å². The highest BCUT2D eigenvalue weighted by Crippen LogP contribution is 2.55. The van der Waals surface area contributed by atoms with Gasteiger partial charge in [0.15, 0.2) is 0 Å². The summed E-state index contributed by atoms with van der Waals surface area (Å²) in [5.41, 5.74) is 3.45. The Labute approximate surface area is 345 Å². The standard InChI is InChI=1S/C46H54N8O5/c1-29-24-36(12-8-32(29)26-47)59-44-45(2,3)43(46(44,4)5)50-40(56)31-6-9-34(10-7-31)52-18-16-30(17-19-52)28-51-20-22-53(23-21-51)35-11-13-37-33(25-35)27-48-54(42(37)58)38-14-15-39(55)49-41(38)57/h6-13,24-25,27,30,38,43-44H,14-23,28H2,1-5H3,(H,50,56)(H,49,55,57)/t38-,43?,44?/m1/s1. The van der Waals surface area contributed by atoms with Crippen LogP contribution in [0.5, 0.6) is 5.75 Å². The molecule has 13 heteroatoms. The summed E-state index contributed by atoms with van der Waals surface area (Å²) in [6, 6.07) is 20.7. The van der Waals surface area contributed by atoms with Crippen molar-refractivity contribution in [2.24, 2.45) is 16.7 Å². The Bertz CT molecular complexity index is 2350. The maximum atomic E-state index is 13.5. The fourth-order valence-electron chi connectivity index (χ4n) is 10.2. The van der Waals surface area contributed by atoms with E-state index in [1.165, 1.54) is 4.68 Å². The van der Waals surface area contributed by atoms with Crippen molar-refractivity contribution < 1.29 is 19.1 Å². The Morgan fingerprint density at radius 2 is 1.56 bits per heavy atom. The van der Waals surface area contributed by atoms with E-state index in [2.05, 4.69) is 76.3 Å². The third-order valence-corrected chi connectivity index (χ3v) is 13.4. The number of carbonyl (C=O) groups excluding carboxylic acids is 3. The minimum atomic E-state index is -0.779. The van der Waals surface area contributed by atoms with Crippen molar-refractivity contribution in [1.29, 1.82) is 5.26 Å². The average Bonchev–Trinajstić information content (AvgIpc) is 3.22. The number of nitrogens with zero attached hydrogens (tertiary/aromatic N) is 6. The molecular weight excluding hydrogens is 745 g/mol. The molecule has 1 aromatic heterocycles. The number of ether oxygens (including phenoxy) is 1. The normalized spacial score (nSPS) is 23.3. The smallest absolute Gasteiger partial charge is 0.275 e. The zero-order valence-electron chi connectivity index (χ0n) is 34.7. The quantitative estimate of drug-likeness (QED) is 0.216. The van der Waals surface area contributed by atoms with Gasteiger partial charge in [-0.1, -0.05) is 27.7 Å². The summed E-state index contributed by atoms with van der Waals surface area (Å²) in [5.74, 6) is 0.475. The van der Waals surface area contributed by atoms with E-state index in [1.807, 2.05) is 49.4 Å². The fraction of sp³-hybridized carbons (Fsp3) is 0.478. The summed E-state index contributed by atoms with van der Waals surface area (Å²) >= 11 is 0. The van der Waals surface area contributed by atoms with Crippen LogP contribution in [0, 0.1) is 35.0 Å². The number of carbonyl (C=O) groups is 3. The van der Waals surface area contributed by atoms with Gasteiger partial charge in [-0.2, -0.15) is 10.4 Å². The highest BCUT2D eigenvalue weighted by atomic mass is 16.5. The predicted octanol–water partition coefficient (Wildman–Crippen LogP) is 5.20. The van der Waals surface area contributed by atoms with Gasteiger partial charge < -0.3 is 19.9 Å². The molecule has 59 heavy (non-hydrogen) atoms. The molecule has 3 aliphatic heterocycles. The number of piperazine rings is 1. The number of benzene rings is 3. The molecule has 8 rings (SSSR count). The summed E-state index contributed by atoms with van der Waals surface area (Å²) in [7, 11) is 0. The molecule has 3 aromatic carbocycles. The number of aromatic nitrogens is 2. The van der Waals surface area contributed by atoms with E-state index in [0.717, 1.165) is 86.7 Å². The summed E-state index contributed by atoms with van der Waals surface area (Å²) < 4.78 is 7.68. The second-order valence-corrected chi connectivity index (χ2v) is 18.0. The number of rotatable bonds is 9. The molecule has 4 aliphatic rings. The lowest BCUT2D eigenvalue weighted by atomic mass is 9.49. The SMILES string of the molecule is Cc1cc(OC2C(C)(C)C(NC(=O)c3ccc(N4CCC(CN5CCN(c6ccc7c(=O)n([C@@H]8CCC(=O)NC8=O)ncc7c6)CC5)CC4)cc3)C2(C)C)ccc1C#N. The van der Waals surface area contributed by atoms with Gasteiger partial charge in [-0.05, 0) is 98.3 Å². The molecular formula is C46H54N8O5. The first-order valence-corrected chi connectivity index (χ1v) is 20.9. The van der Waals surface area contributed by atoms with Crippen molar-refractivity contribution in [3.63, 3.8) is 0 Å². The molecule has 1 atom stereocenters. The van der Waals surface area contributed by atoms with Gasteiger partial charge in [0.1, 0.15) is 17.9 Å². The molecule has 0 unspecified atom stereocenters. The number of imide groups is 1. The Morgan fingerprint density at radius 1 is 0.881 bits per heavy atom. The van der Waals surface area contributed by atoms with Gasteiger partial charge >= 0.3 is 0 Å². The first-order valence-electron chi connectivity index (χ1n) is 20.9. The molecule has 1 saturated carbocycles. The molecule has 0 bridgehead atoms. The average molecular weight is 799 g/mol. The highest BCUT2D eigenvalue weighted by molar-refractivity contribution is 5.99. The molecule has 0 spiro atoms. The van der Waals surface area contributed by atoms with Crippen molar-refractivity contribution in [2.45, 2.75) is 78.5 Å². The van der Waals surface area contributed by atoms with Crippen LogP contribution in [-0.4, -0.2) is 90.4 Å². The summed E-state index contributed by atoms with van der Waals surface area (Å²) in [4.78, 5) is 58.1. The zero-order valence-corrected chi connectivity index (χ0v) is 34.7. The van der Waals surface area contributed by atoms with Crippen LogP contribution in [0.4, 0.5) is 11.4 Å². The van der Waals surface area contributed by atoms with Crippen molar-refractivity contribution in [3.05, 3.63) is 93.9 Å². The third kappa shape index (κ3) is 7.78. The van der Waals surface area contributed by atoms with Crippen LogP contribution < -0.4 is 30.7 Å². The minimum absolute atomic E-state index is 0.0804. The molecule has 1 aliphatic carbocycles. The number of nitrogens with one attached hydrogen (secondary N) is 2. The number of amides is 3. The first-order chi connectivity index (χ1) is 28.2. The number of anilines is 2. The Kier molecular flexibility index (Phi) is 10.7.